The number of carbonyl (C=O) groups excluding carboxylic acids is 1. The number of nitrogens with zero attached hydrogens (tertiary/aromatic N) is 1. The van der Waals surface area contributed by atoms with Gasteiger partial charge in [0.15, 0.2) is 0 Å². The van der Waals surface area contributed by atoms with E-state index in [1.54, 1.807) is 6.07 Å². The highest BCUT2D eigenvalue weighted by atomic mass is 19.1. The first-order valence-corrected chi connectivity index (χ1v) is 5.66. The molecule has 0 radical (unpaired) electrons. The standard InChI is InChI=1S/C12H15FN2O/c13-11-10(5-2-7-14-11)12(16)15-8-6-9-3-1-4-9/h2,5,7,9H,1,3-4,6,8H2,(H,15,16). The summed E-state index contributed by atoms with van der Waals surface area (Å²) in [5.74, 6) is -0.326. The van der Waals surface area contributed by atoms with Crippen molar-refractivity contribution in [2.45, 2.75) is 25.7 Å². The van der Waals surface area contributed by atoms with Crippen molar-refractivity contribution >= 4 is 5.91 Å². The molecule has 1 fully saturated rings. The van der Waals surface area contributed by atoms with Crippen LogP contribution in [0.5, 0.6) is 0 Å². The average molecular weight is 222 g/mol. The molecule has 0 bridgehead atoms. The van der Waals surface area contributed by atoms with Crippen molar-refractivity contribution < 1.29 is 9.18 Å². The Morgan fingerprint density at radius 3 is 3.00 bits per heavy atom. The van der Waals surface area contributed by atoms with Crippen LogP contribution in [0.4, 0.5) is 4.39 Å². The van der Waals surface area contributed by atoms with Crippen molar-refractivity contribution in [2.75, 3.05) is 6.54 Å². The second-order valence-electron chi connectivity index (χ2n) is 4.18. The highest BCUT2D eigenvalue weighted by Crippen LogP contribution is 2.28. The monoisotopic (exact) mass is 222 g/mol. The molecular weight excluding hydrogens is 207 g/mol. The van der Waals surface area contributed by atoms with Gasteiger partial charge in [0, 0.05) is 12.7 Å². The summed E-state index contributed by atoms with van der Waals surface area (Å²) in [5.41, 5.74) is 0.0242. The third kappa shape index (κ3) is 2.56. The molecule has 0 aromatic carbocycles. The number of rotatable bonds is 4. The highest BCUT2D eigenvalue weighted by Gasteiger charge is 2.17. The van der Waals surface area contributed by atoms with Crippen molar-refractivity contribution in [2.24, 2.45) is 5.92 Å². The van der Waals surface area contributed by atoms with Gasteiger partial charge in [-0.05, 0) is 24.5 Å². The lowest BCUT2D eigenvalue weighted by Crippen LogP contribution is -2.28. The van der Waals surface area contributed by atoms with E-state index < -0.39 is 5.95 Å². The molecular formula is C12H15FN2O. The molecule has 1 aliphatic carbocycles. The predicted octanol–water partition coefficient (Wildman–Crippen LogP) is 2.14. The van der Waals surface area contributed by atoms with Gasteiger partial charge in [-0.1, -0.05) is 19.3 Å². The zero-order valence-corrected chi connectivity index (χ0v) is 9.08. The molecule has 0 saturated heterocycles. The molecule has 0 aliphatic heterocycles. The van der Waals surface area contributed by atoms with E-state index in [9.17, 15) is 9.18 Å². The number of hydrogen-bond donors (Lipinski definition) is 1. The number of carbonyl (C=O) groups is 1. The topological polar surface area (TPSA) is 42.0 Å². The van der Waals surface area contributed by atoms with E-state index in [0.717, 1.165) is 12.3 Å². The summed E-state index contributed by atoms with van der Waals surface area (Å²) in [7, 11) is 0. The summed E-state index contributed by atoms with van der Waals surface area (Å²) >= 11 is 0. The Kier molecular flexibility index (Phi) is 3.49. The van der Waals surface area contributed by atoms with Crippen LogP contribution in [0.1, 0.15) is 36.0 Å². The second-order valence-corrected chi connectivity index (χ2v) is 4.18. The minimum Gasteiger partial charge on any atom is -0.352 e. The van der Waals surface area contributed by atoms with Gasteiger partial charge in [-0.15, -0.1) is 0 Å². The van der Waals surface area contributed by atoms with Crippen molar-refractivity contribution in [1.82, 2.24) is 10.3 Å². The Bertz CT molecular complexity index is 377. The fourth-order valence-electron chi connectivity index (χ4n) is 1.82. The molecule has 0 atom stereocenters. The second kappa shape index (κ2) is 5.05. The molecule has 1 heterocycles. The summed E-state index contributed by atoms with van der Waals surface area (Å²) in [4.78, 5) is 15.0. The Morgan fingerprint density at radius 1 is 1.56 bits per heavy atom. The first kappa shape index (κ1) is 11.0. The maximum absolute atomic E-state index is 13.1. The fraction of sp³-hybridized carbons (Fsp3) is 0.500. The molecule has 2 rings (SSSR count). The van der Waals surface area contributed by atoms with Crippen LogP contribution in [0.2, 0.25) is 0 Å². The van der Waals surface area contributed by atoms with Crippen LogP contribution >= 0.6 is 0 Å². The molecule has 0 unspecified atom stereocenters. The van der Waals surface area contributed by atoms with Crippen molar-refractivity contribution in [3.63, 3.8) is 0 Å². The summed E-state index contributed by atoms with van der Waals surface area (Å²) in [6, 6.07) is 3.00. The quantitative estimate of drug-likeness (QED) is 0.793. The Morgan fingerprint density at radius 2 is 2.38 bits per heavy atom. The normalized spacial score (nSPS) is 15.6. The van der Waals surface area contributed by atoms with Gasteiger partial charge < -0.3 is 5.32 Å². The maximum atomic E-state index is 13.1. The lowest BCUT2D eigenvalue weighted by Gasteiger charge is -2.25. The zero-order chi connectivity index (χ0) is 11.4. The van der Waals surface area contributed by atoms with Gasteiger partial charge in [-0.2, -0.15) is 4.39 Å². The number of hydrogen-bond acceptors (Lipinski definition) is 2. The van der Waals surface area contributed by atoms with Gasteiger partial charge in [-0.3, -0.25) is 4.79 Å². The van der Waals surface area contributed by atoms with Gasteiger partial charge in [0.2, 0.25) is 5.95 Å². The van der Waals surface area contributed by atoms with E-state index in [4.69, 9.17) is 0 Å². The third-order valence-corrected chi connectivity index (χ3v) is 3.07. The number of amides is 1. The molecule has 16 heavy (non-hydrogen) atoms. The summed E-state index contributed by atoms with van der Waals surface area (Å²) < 4.78 is 13.1. The van der Waals surface area contributed by atoms with Crippen LogP contribution in [0.25, 0.3) is 0 Å². The lowest BCUT2D eigenvalue weighted by atomic mass is 9.83. The molecule has 1 aromatic rings. The largest absolute Gasteiger partial charge is 0.352 e. The molecule has 0 spiro atoms. The summed E-state index contributed by atoms with van der Waals surface area (Å²) in [6.07, 6.45) is 6.15. The molecule has 1 saturated carbocycles. The summed E-state index contributed by atoms with van der Waals surface area (Å²) in [6.45, 7) is 0.623. The molecule has 1 aliphatic rings. The molecule has 3 nitrogen and oxygen atoms in total. The minimum atomic E-state index is -0.705. The first-order valence-electron chi connectivity index (χ1n) is 5.66. The fourth-order valence-corrected chi connectivity index (χ4v) is 1.82. The van der Waals surface area contributed by atoms with Gasteiger partial charge >= 0.3 is 0 Å². The molecule has 4 heteroatoms. The van der Waals surface area contributed by atoms with Gasteiger partial charge in [0.05, 0.1) is 5.56 Å². The van der Waals surface area contributed by atoms with E-state index in [1.165, 1.54) is 31.5 Å². The van der Waals surface area contributed by atoms with Crippen LogP contribution in [0.3, 0.4) is 0 Å². The first-order chi connectivity index (χ1) is 7.77. The molecule has 1 aromatic heterocycles. The van der Waals surface area contributed by atoms with Crippen LogP contribution in [-0.4, -0.2) is 17.4 Å². The van der Waals surface area contributed by atoms with E-state index >= 15 is 0 Å². The highest BCUT2D eigenvalue weighted by molar-refractivity contribution is 5.94. The number of aromatic nitrogens is 1. The number of pyridine rings is 1. The molecule has 1 amide bonds. The van der Waals surface area contributed by atoms with E-state index in [0.29, 0.717) is 6.54 Å². The zero-order valence-electron chi connectivity index (χ0n) is 9.08. The van der Waals surface area contributed by atoms with Gasteiger partial charge in [0.1, 0.15) is 0 Å². The SMILES string of the molecule is O=C(NCCC1CCC1)c1cccnc1F. The molecule has 1 N–H and O–H groups in total. The average Bonchev–Trinajstić information content (AvgIpc) is 2.22. The van der Waals surface area contributed by atoms with Crippen molar-refractivity contribution in [3.05, 3.63) is 29.8 Å². The van der Waals surface area contributed by atoms with Crippen LogP contribution in [-0.2, 0) is 0 Å². The van der Waals surface area contributed by atoms with Crippen molar-refractivity contribution in [3.8, 4) is 0 Å². The summed E-state index contributed by atoms with van der Waals surface area (Å²) in [5, 5.41) is 2.72. The van der Waals surface area contributed by atoms with E-state index in [1.807, 2.05) is 0 Å². The van der Waals surface area contributed by atoms with E-state index in [2.05, 4.69) is 10.3 Å². The number of nitrogens with one attached hydrogen (secondary N) is 1. The smallest absolute Gasteiger partial charge is 0.255 e. The predicted molar refractivity (Wildman–Crippen MR) is 58.5 cm³/mol. The Labute approximate surface area is 94.1 Å². The number of halogens is 1. The van der Waals surface area contributed by atoms with Crippen molar-refractivity contribution in [1.29, 1.82) is 0 Å². The van der Waals surface area contributed by atoms with Gasteiger partial charge in [0.25, 0.3) is 5.91 Å². The van der Waals surface area contributed by atoms with Crippen LogP contribution in [0, 0.1) is 11.9 Å². The molecule has 86 valence electrons. The van der Waals surface area contributed by atoms with Crippen LogP contribution < -0.4 is 5.32 Å². The lowest BCUT2D eigenvalue weighted by molar-refractivity contribution is 0.0944. The minimum absolute atomic E-state index is 0.0242. The van der Waals surface area contributed by atoms with Gasteiger partial charge in [-0.25, -0.2) is 4.98 Å². The van der Waals surface area contributed by atoms with E-state index in [-0.39, 0.29) is 11.5 Å². The Hall–Kier alpha value is -1.45. The third-order valence-electron chi connectivity index (χ3n) is 3.07. The maximum Gasteiger partial charge on any atom is 0.255 e. The van der Waals surface area contributed by atoms with Crippen LogP contribution in [0.15, 0.2) is 18.3 Å². The Balaban J connectivity index is 1.81.